The van der Waals surface area contributed by atoms with Crippen molar-refractivity contribution in [1.82, 2.24) is 15.5 Å². The van der Waals surface area contributed by atoms with Crippen molar-refractivity contribution in [2.24, 2.45) is 0 Å². The van der Waals surface area contributed by atoms with Crippen LogP contribution < -0.4 is 10.6 Å². The summed E-state index contributed by atoms with van der Waals surface area (Å²) in [7, 11) is 0. The number of aromatic nitrogens is 2. The smallest absolute Gasteiger partial charge is 0.251 e. The Hall–Kier alpha value is -3.36. The maximum absolute atomic E-state index is 13.2. The summed E-state index contributed by atoms with van der Waals surface area (Å²) in [6.07, 6.45) is -0.999. The van der Waals surface area contributed by atoms with Crippen LogP contribution in [0.25, 0.3) is 11.3 Å². The van der Waals surface area contributed by atoms with Crippen LogP contribution in [0, 0.1) is 5.82 Å². The average Bonchev–Trinajstić information content (AvgIpc) is 2.81. The molecule has 0 saturated heterocycles. The van der Waals surface area contributed by atoms with Gasteiger partial charge in [0, 0.05) is 29.6 Å². The van der Waals surface area contributed by atoms with Gasteiger partial charge in [-0.15, -0.1) is 10.2 Å². The lowest BCUT2D eigenvalue weighted by atomic mass is 9.84. The third-order valence-electron chi connectivity index (χ3n) is 5.13. The molecule has 0 radical (unpaired) electrons. The molecular formula is C24H27FN4O3. The van der Waals surface area contributed by atoms with Gasteiger partial charge in [0.05, 0.1) is 18.4 Å². The molecule has 0 aliphatic carbocycles. The van der Waals surface area contributed by atoms with Gasteiger partial charge in [-0.2, -0.15) is 0 Å². The van der Waals surface area contributed by atoms with Crippen LogP contribution in [0.5, 0.6) is 0 Å². The van der Waals surface area contributed by atoms with Gasteiger partial charge in [-0.1, -0.05) is 38.1 Å². The van der Waals surface area contributed by atoms with Gasteiger partial charge < -0.3 is 20.8 Å². The topological polar surface area (TPSA) is 107 Å². The number of carbonyl (C=O) groups excluding carboxylic acids is 1. The Morgan fingerprint density at radius 2 is 1.84 bits per heavy atom. The van der Waals surface area contributed by atoms with E-state index in [1.807, 2.05) is 18.2 Å². The van der Waals surface area contributed by atoms with Crippen molar-refractivity contribution in [1.29, 1.82) is 0 Å². The van der Waals surface area contributed by atoms with Crippen molar-refractivity contribution in [3.63, 3.8) is 0 Å². The lowest BCUT2D eigenvalue weighted by Crippen LogP contribution is -2.33. The van der Waals surface area contributed by atoms with Gasteiger partial charge in [0.1, 0.15) is 11.6 Å². The van der Waals surface area contributed by atoms with E-state index in [1.165, 1.54) is 12.1 Å². The Bertz CT molecular complexity index is 1040. The van der Waals surface area contributed by atoms with Crippen molar-refractivity contribution in [2.45, 2.75) is 25.4 Å². The zero-order valence-corrected chi connectivity index (χ0v) is 18.0. The molecule has 3 aromatic rings. The number of halogens is 1. The number of benzene rings is 2. The molecule has 0 aliphatic rings. The quantitative estimate of drug-likeness (QED) is 0.409. The monoisotopic (exact) mass is 438 g/mol. The molecule has 1 heterocycles. The number of rotatable bonds is 9. The fraction of sp³-hybridized carbons (Fsp3) is 0.292. The first-order valence-corrected chi connectivity index (χ1v) is 10.3. The van der Waals surface area contributed by atoms with Crippen LogP contribution >= 0.6 is 0 Å². The van der Waals surface area contributed by atoms with E-state index in [0.717, 1.165) is 11.1 Å². The van der Waals surface area contributed by atoms with Crippen molar-refractivity contribution < 1.29 is 19.4 Å². The summed E-state index contributed by atoms with van der Waals surface area (Å²) < 4.78 is 13.2. The average molecular weight is 439 g/mol. The van der Waals surface area contributed by atoms with Gasteiger partial charge in [0.15, 0.2) is 0 Å². The first-order chi connectivity index (χ1) is 15.3. The summed E-state index contributed by atoms with van der Waals surface area (Å²) in [4.78, 5) is 12.2. The largest absolute Gasteiger partial charge is 0.394 e. The van der Waals surface area contributed by atoms with E-state index in [1.54, 1.807) is 30.3 Å². The molecule has 0 bridgehead atoms. The first kappa shape index (κ1) is 23.3. The van der Waals surface area contributed by atoms with Crippen molar-refractivity contribution in [3.8, 4) is 11.3 Å². The molecular weight excluding hydrogens is 411 g/mol. The highest BCUT2D eigenvalue weighted by molar-refractivity contribution is 5.95. The van der Waals surface area contributed by atoms with Gasteiger partial charge in [-0.3, -0.25) is 4.79 Å². The van der Waals surface area contributed by atoms with Crippen molar-refractivity contribution >= 4 is 11.7 Å². The number of anilines is 1. The van der Waals surface area contributed by atoms with E-state index in [4.69, 9.17) is 5.11 Å². The molecule has 0 saturated carbocycles. The van der Waals surface area contributed by atoms with Crippen molar-refractivity contribution in [3.05, 3.63) is 77.6 Å². The summed E-state index contributed by atoms with van der Waals surface area (Å²) in [5.41, 5.74) is 2.53. The van der Waals surface area contributed by atoms with Crippen LogP contribution in [-0.2, 0) is 5.41 Å². The standard InChI is InChI=1S/C24H27FN4O3/c1-24(2,18-6-8-19(25)9-7-18)15-27-22-11-10-21(28-29-22)16-4-3-5-17(12-16)23(32)26-13-20(31)14-30/h3-12,20,30-31H,13-15H2,1-2H3,(H,26,32)(H,27,29). The minimum atomic E-state index is -0.999. The van der Waals surface area contributed by atoms with Crippen LogP contribution in [0.1, 0.15) is 29.8 Å². The summed E-state index contributed by atoms with van der Waals surface area (Å²) in [5.74, 6) is -0.00675. The highest BCUT2D eigenvalue weighted by atomic mass is 19.1. The number of nitrogens with one attached hydrogen (secondary N) is 2. The van der Waals surface area contributed by atoms with Gasteiger partial charge in [-0.25, -0.2) is 4.39 Å². The number of aliphatic hydroxyl groups excluding tert-OH is 2. The zero-order valence-electron chi connectivity index (χ0n) is 18.0. The lowest BCUT2D eigenvalue weighted by molar-refractivity contribution is 0.0802. The molecule has 32 heavy (non-hydrogen) atoms. The predicted molar refractivity (Wildman–Crippen MR) is 121 cm³/mol. The number of carbonyl (C=O) groups is 1. The Morgan fingerprint density at radius 3 is 2.50 bits per heavy atom. The highest BCUT2D eigenvalue weighted by Crippen LogP contribution is 2.24. The lowest BCUT2D eigenvalue weighted by Gasteiger charge is -2.25. The third kappa shape index (κ3) is 6.09. The molecule has 1 amide bonds. The first-order valence-electron chi connectivity index (χ1n) is 10.3. The number of amides is 1. The summed E-state index contributed by atoms with van der Waals surface area (Å²) in [6, 6.07) is 17.0. The van der Waals surface area contributed by atoms with E-state index < -0.39 is 12.7 Å². The number of aliphatic hydroxyl groups is 2. The molecule has 3 rings (SSSR count). The predicted octanol–water partition coefficient (Wildman–Crippen LogP) is 2.76. The third-order valence-corrected chi connectivity index (χ3v) is 5.13. The molecule has 2 aromatic carbocycles. The van der Waals surface area contributed by atoms with Crippen LogP contribution in [-0.4, -0.2) is 52.1 Å². The fourth-order valence-corrected chi connectivity index (χ4v) is 3.09. The highest BCUT2D eigenvalue weighted by Gasteiger charge is 2.20. The second kappa shape index (κ2) is 10.3. The minimum absolute atomic E-state index is 0.0337. The second-order valence-corrected chi connectivity index (χ2v) is 8.18. The SMILES string of the molecule is CC(C)(CNc1ccc(-c2cccc(C(=O)NCC(O)CO)c2)nn1)c1ccc(F)cc1. The van der Waals surface area contributed by atoms with Crippen molar-refractivity contribution in [2.75, 3.05) is 25.0 Å². The molecule has 1 aromatic heterocycles. The Kier molecular flexibility index (Phi) is 7.50. The molecule has 4 N–H and O–H groups in total. The molecule has 0 spiro atoms. The normalized spacial score (nSPS) is 12.3. The van der Waals surface area contributed by atoms with Crippen LogP contribution in [0.2, 0.25) is 0 Å². The summed E-state index contributed by atoms with van der Waals surface area (Å²) in [5, 5.41) is 32.5. The Labute approximate surface area is 186 Å². The molecule has 0 fully saturated rings. The van der Waals surface area contributed by atoms with E-state index in [9.17, 15) is 14.3 Å². The maximum atomic E-state index is 13.2. The van der Waals surface area contributed by atoms with Crippen LogP contribution in [0.3, 0.4) is 0 Å². The van der Waals surface area contributed by atoms with Gasteiger partial charge in [0.25, 0.3) is 5.91 Å². The molecule has 7 nitrogen and oxygen atoms in total. The maximum Gasteiger partial charge on any atom is 0.251 e. The van der Waals surface area contributed by atoms with E-state index in [-0.39, 0.29) is 23.7 Å². The van der Waals surface area contributed by atoms with E-state index in [2.05, 4.69) is 34.7 Å². The van der Waals surface area contributed by atoms with Gasteiger partial charge in [0.2, 0.25) is 0 Å². The molecule has 8 heteroatoms. The number of hydrogen-bond acceptors (Lipinski definition) is 6. The van der Waals surface area contributed by atoms with E-state index in [0.29, 0.717) is 23.6 Å². The molecule has 1 atom stereocenters. The van der Waals surface area contributed by atoms with Crippen LogP contribution in [0.4, 0.5) is 10.2 Å². The minimum Gasteiger partial charge on any atom is -0.394 e. The summed E-state index contributed by atoms with van der Waals surface area (Å²) in [6.45, 7) is 4.25. The number of hydrogen-bond donors (Lipinski definition) is 4. The second-order valence-electron chi connectivity index (χ2n) is 8.18. The van der Waals surface area contributed by atoms with Crippen LogP contribution in [0.15, 0.2) is 60.7 Å². The zero-order chi connectivity index (χ0) is 23.1. The summed E-state index contributed by atoms with van der Waals surface area (Å²) >= 11 is 0. The number of nitrogens with zero attached hydrogens (tertiary/aromatic N) is 2. The Balaban J connectivity index is 1.64. The molecule has 168 valence electrons. The Morgan fingerprint density at radius 1 is 1.09 bits per heavy atom. The van der Waals surface area contributed by atoms with E-state index >= 15 is 0 Å². The molecule has 0 aliphatic heterocycles. The fourth-order valence-electron chi connectivity index (χ4n) is 3.09. The van der Waals surface area contributed by atoms with Gasteiger partial charge >= 0.3 is 0 Å². The molecule has 1 unspecified atom stereocenters. The van der Waals surface area contributed by atoms with Gasteiger partial charge in [-0.05, 0) is 42.0 Å².